The Labute approximate surface area is 153 Å². The number of carbonyl (C=O) groups is 1. The summed E-state index contributed by atoms with van der Waals surface area (Å²) in [6, 6.07) is 6.94. The van der Waals surface area contributed by atoms with Crippen LogP contribution in [0.3, 0.4) is 0 Å². The highest BCUT2D eigenvalue weighted by atomic mass is 16.5. The lowest BCUT2D eigenvalue weighted by atomic mass is 9.85. The van der Waals surface area contributed by atoms with Crippen LogP contribution in [0.25, 0.3) is 0 Å². The van der Waals surface area contributed by atoms with Crippen LogP contribution in [0, 0.1) is 11.3 Å². The zero-order valence-electron chi connectivity index (χ0n) is 15.4. The first kappa shape index (κ1) is 19.3. The molecule has 0 bridgehead atoms. The predicted octanol–water partition coefficient (Wildman–Crippen LogP) is 3.11. The highest BCUT2D eigenvalue weighted by molar-refractivity contribution is 5.94. The van der Waals surface area contributed by atoms with Crippen LogP contribution in [0.15, 0.2) is 30.6 Å². The van der Waals surface area contributed by atoms with Crippen LogP contribution >= 0.6 is 0 Å². The Bertz CT molecular complexity index is 819. The van der Waals surface area contributed by atoms with Crippen molar-refractivity contribution in [2.45, 2.75) is 45.6 Å². The number of nitrogens with one attached hydrogen (secondary N) is 1. The van der Waals surface area contributed by atoms with Crippen molar-refractivity contribution in [2.75, 3.05) is 5.32 Å². The van der Waals surface area contributed by atoms with Gasteiger partial charge in [-0.15, -0.1) is 0 Å². The molecule has 136 valence electrons. The summed E-state index contributed by atoms with van der Waals surface area (Å²) in [6.45, 7) is 7.94. The molecule has 7 nitrogen and oxygen atoms in total. The van der Waals surface area contributed by atoms with Gasteiger partial charge in [-0.1, -0.05) is 27.7 Å². The molecule has 2 aromatic rings. The summed E-state index contributed by atoms with van der Waals surface area (Å²) >= 11 is 0. The van der Waals surface area contributed by atoms with Crippen molar-refractivity contribution in [3.05, 3.63) is 41.7 Å². The molecule has 0 unspecified atom stereocenters. The third-order valence-electron chi connectivity index (χ3n) is 3.79. The smallest absolute Gasteiger partial charge is 0.322 e. The van der Waals surface area contributed by atoms with Crippen molar-refractivity contribution in [3.8, 4) is 17.8 Å². The fourth-order valence-electron chi connectivity index (χ4n) is 2.23. The number of carbonyl (C=O) groups excluding carboxylic acids is 1. The average molecular weight is 353 g/mol. The van der Waals surface area contributed by atoms with Crippen molar-refractivity contribution in [2.24, 2.45) is 5.73 Å². The van der Waals surface area contributed by atoms with E-state index in [9.17, 15) is 4.79 Å². The average Bonchev–Trinajstić information content (AvgIpc) is 2.62. The van der Waals surface area contributed by atoms with E-state index in [-0.39, 0.29) is 17.3 Å². The Morgan fingerprint density at radius 1 is 1.35 bits per heavy atom. The van der Waals surface area contributed by atoms with Crippen molar-refractivity contribution in [3.63, 3.8) is 0 Å². The minimum Gasteiger partial charge on any atom is -0.424 e. The van der Waals surface area contributed by atoms with Gasteiger partial charge < -0.3 is 15.8 Å². The van der Waals surface area contributed by atoms with Crippen LogP contribution in [0.2, 0.25) is 0 Å². The Hall–Kier alpha value is -2.98. The fourth-order valence-corrected chi connectivity index (χ4v) is 2.23. The molecule has 1 aromatic heterocycles. The summed E-state index contributed by atoms with van der Waals surface area (Å²) in [6.07, 6.45) is 3.47. The largest absolute Gasteiger partial charge is 0.424 e. The SMILES string of the molecule is CC[C@@H](N)C(=O)Nc1cnc(Oc2ccc(C#N)cc2C(C)(C)C)nc1. The van der Waals surface area contributed by atoms with Gasteiger partial charge in [0.05, 0.1) is 35.8 Å². The number of nitriles is 1. The van der Waals surface area contributed by atoms with E-state index in [2.05, 4.69) is 21.4 Å². The first-order valence-corrected chi connectivity index (χ1v) is 8.35. The first-order chi connectivity index (χ1) is 12.2. The molecule has 7 heteroatoms. The van der Waals surface area contributed by atoms with Crippen LogP contribution in [0.4, 0.5) is 5.69 Å². The molecule has 1 aromatic carbocycles. The lowest BCUT2D eigenvalue weighted by Crippen LogP contribution is -2.34. The molecule has 0 aliphatic carbocycles. The van der Waals surface area contributed by atoms with Crippen LogP contribution in [-0.2, 0) is 10.2 Å². The van der Waals surface area contributed by atoms with Gasteiger partial charge in [0.2, 0.25) is 5.91 Å². The third kappa shape index (κ3) is 4.77. The lowest BCUT2D eigenvalue weighted by Gasteiger charge is -2.22. The molecule has 0 spiro atoms. The lowest BCUT2D eigenvalue weighted by molar-refractivity contribution is -0.117. The van der Waals surface area contributed by atoms with Gasteiger partial charge in [0.1, 0.15) is 5.75 Å². The van der Waals surface area contributed by atoms with Crippen molar-refractivity contribution >= 4 is 11.6 Å². The standard InChI is InChI=1S/C19H23N5O2/c1-5-15(21)17(25)24-13-10-22-18(23-11-13)26-16-7-6-12(9-20)8-14(16)19(2,3)4/h6-8,10-11,15H,5,21H2,1-4H3,(H,24,25)/t15-/m1/s1. The Kier molecular flexibility index (Phi) is 5.90. The van der Waals surface area contributed by atoms with Gasteiger partial charge in [-0.25, -0.2) is 9.97 Å². The zero-order valence-corrected chi connectivity index (χ0v) is 15.4. The molecule has 0 aliphatic heterocycles. The number of aromatic nitrogens is 2. The number of hydrogen-bond acceptors (Lipinski definition) is 6. The number of nitrogens with zero attached hydrogens (tertiary/aromatic N) is 3. The maximum absolute atomic E-state index is 11.8. The Morgan fingerprint density at radius 2 is 2.00 bits per heavy atom. The van der Waals surface area contributed by atoms with E-state index < -0.39 is 6.04 Å². The number of ether oxygens (including phenoxy) is 1. The van der Waals surface area contributed by atoms with Crippen molar-refractivity contribution < 1.29 is 9.53 Å². The summed E-state index contributed by atoms with van der Waals surface area (Å²) in [7, 11) is 0. The van der Waals surface area contributed by atoms with Gasteiger partial charge in [0.25, 0.3) is 0 Å². The van der Waals surface area contributed by atoms with E-state index in [4.69, 9.17) is 15.7 Å². The first-order valence-electron chi connectivity index (χ1n) is 8.35. The molecule has 26 heavy (non-hydrogen) atoms. The molecular weight excluding hydrogens is 330 g/mol. The quantitative estimate of drug-likeness (QED) is 0.853. The molecule has 0 fully saturated rings. The van der Waals surface area contributed by atoms with Gasteiger partial charge >= 0.3 is 6.01 Å². The molecule has 1 amide bonds. The minimum atomic E-state index is -0.570. The zero-order chi connectivity index (χ0) is 19.3. The second-order valence-electron chi connectivity index (χ2n) is 6.93. The molecule has 0 saturated carbocycles. The highest BCUT2D eigenvalue weighted by Gasteiger charge is 2.21. The molecule has 1 atom stereocenters. The molecule has 0 radical (unpaired) electrons. The van der Waals surface area contributed by atoms with E-state index >= 15 is 0 Å². The summed E-state index contributed by atoms with van der Waals surface area (Å²) in [4.78, 5) is 20.0. The number of anilines is 1. The second kappa shape index (κ2) is 7.93. The van der Waals surface area contributed by atoms with Crippen molar-refractivity contribution in [1.29, 1.82) is 5.26 Å². The van der Waals surface area contributed by atoms with Crippen LogP contribution in [0.1, 0.15) is 45.2 Å². The molecule has 3 N–H and O–H groups in total. The number of nitrogens with two attached hydrogens (primary N) is 1. The monoisotopic (exact) mass is 353 g/mol. The maximum Gasteiger partial charge on any atom is 0.322 e. The van der Waals surface area contributed by atoms with Gasteiger partial charge in [-0.05, 0) is 30.0 Å². The molecule has 2 rings (SSSR count). The highest BCUT2D eigenvalue weighted by Crippen LogP contribution is 2.34. The molecule has 0 aliphatic rings. The third-order valence-corrected chi connectivity index (χ3v) is 3.79. The number of benzene rings is 1. The van der Waals surface area contributed by atoms with Gasteiger partial charge in [-0.3, -0.25) is 4.79 Å². The number of amides is 1. The van der Waals surface area contributed by atoms with Gasteiger partial charge in [-0.2, -0.15) is 5.26 Å². The van der Waals surface area contributed by atoms with E-state index in [1.165, 1.54) is 12.4 Å². The predicted molar refractivity (Wildman–Crippen MR) is 98.9 cm³/mol. The Morgan fingerprint density at radius 3 is 2.54 bits per heavy atom. The summed E-state index contributed by atoms with van der Waals surface area (Å²) in [5.41, 5.74) is 7.35. The minimum absolute atomic E-state index is 0.151. The number of hydrogen-bond donors (Lipinski definition) is 2. The molecular formula is C19H23N5O2. The normalized spacial score (nSPS) is 12.2. The topological polar surface area (TPSA) is 114 Å². The Balaban J connectivity index is 2.19. The maximum atomic E-state index is 11.8. The summed E-state index contributed by atoms with van der Waals surface area (Å²) < 4.78 is 5.80. The van der Waals surface area contributed by atoms with Crippen LogP contribution in [0.5, 0.6) is 11.8 Å². The van der Waals surface area contributed by atoms with E-state index in [1.807, 2.05) is 27.7 Å². The van der Waals surface area contributed by atoms with Crippen LogP contribution in [-0.4, -0.2) is 21.9 Å². The van der Waals surface area contributed by atoms with Gasteiger partial charge in [0.15, 0.2) is 0 Å². The summed E-state index contributed by atoms with van der Waals surface area (Å²) in [5, 5.41) is 11.8. The summed E-state index contributed by atoms with van der Waals surface area (Å²) in [5.74, 6) is 0.299. The van der Waals surface area contributed by atoms with Crippen LogP contribution < -0.4 is 15.8 Å². The van der Waals surface area contributed by atoms with Gasteiger partial charge in [0, 0.05) is 5.56 Å². The molecule has 0 saturated heterocycles. The molecule has 1 heterocycles. The fraction of sp³-hybridized carbons (Fsp3) is 0.368. The van der Waals surface area contributed by atoms with E-state index in [0.29, 0.717) is 23.4 Å². The van der Waals surface area contributed by atoms with E-state index in [1.54, 1.807) is 18.2 Å². The van der Waals surface area contributed by atoms with Crippen molar-refractivity contribution in [1.82, 2.24) is 9.97 Å². The second-order valence-corrected chi connectivity index (χ2v) is 6.93. The van der Waals surface area contributed by atoms with E-state index in [0.717, 1.165) is 5.56 Å². The number of rotatable bonds is 5.